The molecule has 3 heterocycles. The van der Waals surface area contributed by atoms with Crippen molar-refractivity contribution in [2.24, 2.45) is 0 Å². The minimum atomic E-state index is -0.0424. The summed E-state index contributed by atoms with van der Waals surface area (Å²) < 4.78 is 0. The van der Waals surface area contributed by atoms with E-state index < -0.39 is 0 Å². The fraction of sp³-hybridized carbons (Fsp3) is 0.714. The number of aliphatic hydroxyl groups excluding tert-OH is 1. The molecule has 0 aliphatic carbocycles. The Morgan fingerprint density at radius 3 is 2.89 bits per heavy atom. The first-order valence-corrected chi connectivity index (χ1v) is 7.22. The smallest absolute Gasteiger partial charge is 0.151 e. The number of piperidine rings is 1. The van der Waals surface area contributed by atoms with Gasteiger partial charge in [-0.15, -0.1) is 5.10 Å². The second-order valence-electron chi connectivity index (χ2n) is 5.69. The lowest BCUT2D eigenvalue weighted by Gasteiger charge is -2.47. The van der Waals surface area contributed by atoms with Gasteiger partial charge >= 0.3 is 0 Å². The van der Waals surface area contributed by atoms with Crippen LogP contribution in [-0.2, 0) is 6.61 Å². The average molecular weight is 262 g/mol. The zero-order chi connectivity index (χ0) is 13.2. The zero-order valence-electron chi connectivity index (χ0n) is 11.5. The molecule has 0 saturated carbocycles. The van der Waals surface area contributed by atoms with Crippen molar-refractivity contribution >= 4 is 5.82 Å². The van der Waals surface area contributed by atoms with Crippen molar-refractivity contribution in [1.29, 1.82) is 0 Å². The quantitative estimate of drug-likeness (QED) is 0.863. The number of rotatable bonds is 2. The Bertz CT molecular complexity index is 422. The van der Waals surface area contributed by atoms with Crippen molar-refractivity contribution in [2.75, 3.05) is 24.5 Å². The van der Waals surface area contributed by atoms with Crippen molar-refractivity contribution < 1.29 is 5.11 Å². The number of hydrogen-bond acceptors (Lipinski definition) is 5. The summed E-state index contributed by atoms with van der Waals surface area (Å²) in [5.74, 6) is 0.940. The first-order valence-electron chi connectivity index (χ1n) is 7.22. The SMILES string of the molecule is CC1CN2CCCCC2CN1c1ccc(CO)nn1. The van der Waals surface area contributed by atoms with E-state index in [0.717, 1.165) is 18.9 Å². The monoisotopic (exact) mass is 262 g/mol. The van der Waals surface area contributed by atoms with Crippen molar-refractivity contribution in [2.45, 2.75) is 44.9 Å². The molecule has 2 unspecified atom stereocenters. The largest absolute Gasteiger partial charge is 0.390 e. The second kappa shape index (κ2) is 5.43. The molecule has 0 amide bonds. The van der Waals surface area contributed by atoms with Gasteiger partial charge in [0, 0.05) is 25.2 Å². The summed E-state index contributed by atoms with van der Waals surface area (Å²) in [6.45, 7) is 5.63. The van der Waals surface area contributed by atoms with Crippen LogP contribution in [0.2, 0.25) is 0 Å². The van der Waals surface area contributed by atoms with E-state index in [-0.39, 0.29) is 6.61 Å². The molecule has 0 bridgehead atoms. The van der Waals surface area contributed by atoms with E-state index in [1.165, 1.54) is 25.8 Å². The Morgan fingerprint density at radius 1 is 1.26 bits per heavy atom. The summed E-state index contributed by atoms with van der Waals surface area (Å²) in [7, 11) is 0. The van der Waals surface area contributed by atoms with Crippen LogP contribution in [0.15, 0.2) is 12.1 Å². The minimum absolute atomic E-state index is 0.0424. The molecular weight excluding hydrogens is 240 g/mol. The summed E-state index contributed by atoms with van der Waals surface area (Å²) in [6, 6.07) is 4.99. The number of fused-ring (bicyclic) bond motifs is 1. The van der Waals surface area contributed by atoms with Crippen LogP contribution in [0.4, 0.5) is 5.82 Å². The molecule has 2 saturated heterocycles. The van der Waals surface area contributed by atoms with Gasteiger partial charge in [0.2, 0.25) is 0 Å². The Labute approximate surface area is 114 Å². The third-order valence-electron chi connectivity index (χ3n) is 4.35. The van der Waals surface area contributed by atoms with E-state index in [2.05, 4.69) is 26.9 Å². The van der Waals surface area contributed by atoms with Crippen molar-refractivity contribution in [1.82, 2.24) is 15.1 Å². The number of nitrogens with zero attached hydrogens (tertiary/aromatic N) is 4. The average Bonchev–Trinajstić information content (AvgIpc) is 2.47. The van der Waals surface area contributed by atoms with E-state index in [4.69, 9.17) is 5.11 Å². The fourth-order valence-corrected chi connectivity index (χ4v) is 3.26. The van der Waals surface area contributed by atoms with Crippen LogP contribution in [0, 0.1) is 0 Å². The Hall–Kier alpha value is -1.20. The molecule has 1 aromatic heterocycles. The summed E-state index contributed by atoms with van der Waals surface area (Å²) in [4.78, 5) is 4.99. The number of anilines is 1. The van der Waals surface area contributed by atoms with Crippen LogP contribution in [0.1, 0.15) is 31.9 Å². The molecule has 2 atom stereocenters. The number of piperazine rings is 1. The molecule has 1 N–H and O–H groups in total. The molecule has 2 fully saturated rings. The van der Waals surface area contributed by atoms with Gasteiger partial charge in [-0.3, -0.25) is 4.90 Å². The van der Waals surface area contributed by atoms with Crippen LogP contribution in [-0.4, -0.2) is 51.9 Å². The van der Waals surface area contributed by atoms with Crippen LogP contribution in [0.5, 0.6) is 0 Å². The zero-order valence-corrected chi connectivity index (χ0v) is 11.5. The van der Waals surface area contributed by atoms with E-state index in [1.807, 2.05) is 12.1 Å². The molecule has 0 spiro atoms. The van der Waals surface area contributed by atoms with Gasteiger partial charge in [-0.2, -0.15) is 5.10 Å². The number of hydrogen-bond donors (Lipinski definition) is 1. The highest BCUT2D eigenvalue weighted by atomic mass is 16.3. The van der Waals surface area contributed by atoms with Gasteiger partial charge in [-0.05, 0) is 38.4 Å². The summed E-state index contributed by atoms with van der Waals surface area (Å²) >= 11 is 0. The first-order chi connectivity index (χ1) is 9.28. The highest BCUT2D eigenvalue weighted by molar-refractivity contribution is 5.40. The van der Waals surface area contributed by atoms with Crippen molar-refractivity contribution in [3.05, 3.63) is 17.8 Å². The van der Waals surface area contributed by atoms with Crippen molar-refractivity contribution in [3.63, 3.8) is 0 Å². The van der Waals surface area contributed by atoms with Crippen LogP contribution < -0.4 is 4.90 Å². The summed E-state index contributed by atoms with van der Waals surface area (Å²) in [5.41, 5.74) is 0.632. The third-order valence-corrected chi connectivity index (χ3v) is 4.35. The molecule has 3 rings (SSSR count). The standard InChI is InChI=1S/C14H22N4O/c1-11-8-17-7-3-2-4-13(17)9-18(11)14-6-5-12(10-19)15-16-14/h5-6,11,13,19H,2-4,7-10H2,1H3. The Kier molecular flexibility index (Phi) is 3.66. The molecule has 2 aliphatic rings. The first kappa shape index (κ1) is 12.8. The second-order valence-corrected chi connectivity index (χ2v) is 5.69. The highest BCUT2D eigenvalue weighted by Gasteiger charge is 2.33. The number of aromatic nitrogens is 2. The van der Waals surface area contributed by atoms with E-state index >= 15 is 0 Å². The van der Waals surface area contributed by atoms with Crippen molar-refractivity contribution in [3.8, 4) is 0 Å². The van der Waals surface area contributed by atoms with Crippen LogP contribution in [0.3, 0.4) is 0 Å². The molecule has 1 aromatic rings. The Balaban J connectivity index is 1.75. The lowest BCUT2D eigenvalue weighted by Crippen LogP contribution is -2.59. The maximum Gasteiger partial charge on any atom is 0.151 e. The Morgan fingerprint density at radius 2 is 2.16 bits per heavy atom. The molecule has 2 aliphatic heterocycles. The summed E-state index contributed by atoms with van der Waals surface area (Å²) in [5, 5.41) is 17.3. The lowest BCUT2D eigenvalue weighted by atomic mass is 9.97. The van der Waals surface area contributed by atoms with E-state index in [0.29, 0.717) is 17.8 Å². The maximum absolute atomic E-state index is 9.02. The van der Waals surface area contributed by atoms with Gasteiger partial charge in [0.05, 0.1) is 12.3 Å². The lowest BCUT2D eigenvalue weighted by molar-refractivity contribution is 0.115. The predicted octanol–water partition coefficient (Wildman–Crippen LogP) is 1.03. The molecular formula is C14H22N4O. The van der Waals surface area contributed by atoms with Gasteiger partial charge in [-0.1, -0.05) is 6.42 Å². The van der Waals surface area contributed by atoms with Gasteiger partial charge in [0.1, 0.15) is 0 Å². The van der Waals surface area contributed by atoms with Gasteiger partial charge < -0.3 is 10.0 Å². The highest BCUT2D eigenvalue weighted by Crippen LogP contribution is 2.26. The minimum Gasteiger partial charge on any atom is -0.390 e. The molecule has 0 aromatic carbocycles. The molecule has 19 heavy (non-hydrogen) atoms. The molecule has 104 valence electrons. The normalized spacial score (nSPS) is 28.2. The molecule has 5 nitrogen and oxygen atoms in total. The van der Waals surface area contributed by atoms with Gasteiger partial charge in [0.25, 0.3) is 0 Å². The van der Waals surface area contributed by atoms with Crippen LogP contribution >= 0.6 is 0 Å². The topological polar surface area (TPSA) is 52.5 Å². The number of aliphatic hydroxyl groups is 1. The third kappa shape index (κ3) is 2.58. The fourth-order valence-electron chi connectivity index (χ4n) is 3.26. The summed E-state index contributed by atoms with van der Waals surface area (Å²) in [6.07, 6.45) is 3.98. The van der Waals surface area contributed by atoms with Gasteiger partial charge in [-0.25, -0.2) is 0 Å². The van der Waals surface area contributed by atoms with Crippen LogP contribution in [0.25, 0.3) is 0 Å². The predicted molar refractivity (Wildman–Crippen MR) is 74.0 cm³/mol. The van der Waals surface area contributed by atoms with Gasteiger partial charge in [0.15, 0.2) is 5.82 Å². The van der Waals surface area contributed by atoms with E-state index in [9.17, 15) is 0 Å². The molecule has 0 radical (unpaired) electrons. The molecule has 5 heteroatoms. The van der Waals surface area contributed by atoms with E-state index in [1.54, 1.807) is 0 Å². The maximum atomic E-state index is 9.02.